The Bertz CT molecular complexity index is 1400. The first-order valence-corrected chi connectivity index (χ1v) is 11.7. The average Bonchev–Trinajstić information content (AvgIpc) is 3.31. The van der Waals surface area contributed by atoms with Gasteiger partial charge in [0.1, 0.15) is 24.7 Å². The fourth-order valence-corrected chi connectivity index (χ4v) is 4.36. The highest BCUT2D eigenvalue weighted by molar-refractivity contribution is 9.10. The SMILES string of the molecule is O=C(c1c(Br)cc(OCc2ccccc2)cc1OCc1ccccc1)n1cc2ccccc2c1. The monoisotopic (exact) mass is 511 g/mol. The molecule has 34 heavy (non-hydrogen) atoms. The van der Waals surface area contributed by atoms with Gasteiger partial charge in [-0.25, -0.2) is 0 Å². The molecule has 4 nitrogen and oxygen atoms in total. The van der Waals surface area contributed by atoms with Crippen LogP contribution in [0.25, 0.3) is 10.8 Å². The van der Waals surface area contributed by atoms with E-state index in [9.17, 15) is 4.79 Å². The molecule has 0 bridgehead atoms. The molecule has 5 heteroatoms. The fourth-order valence-electron chi connectivity index (χ4n) is 3.77. The first-order valence-electron chi connectivity index (χ1n) is 11.0. The predicted molar refractivity (Wildman–Crippen MR) is 137 cm³/mol. The van der Waals surface area contributed by atoms with E-state index < -0.39 is 0 Å². The zero-order valence-corrected chi connectivity index (χ0v) is 19.9. The van der Waals surface area contributed by atoms with E-state index in [1.54, 1.807) is 10.6 Å². The maximum Gasteiger partial charge on any atom is 0.266 e. The summed E-state index contributed by atoms with van der Waals surface area (Å²) < 4.78 is 14.4. The molecule has 0 aliphatic rings. The van der Waals surface area contributed by atoms with Crippen LogP contribution in [0.1, 0.15) is 21.5 Å². The third-order valence-corrected chi connectivity index (χ3v) is 6.14. The van der Waals surface area contributed by atoms with Crippen LogP contribution in [0.5, 0.6) is 11.5 Å². The van der Waals surface area contributed by atoms with Gasteiger partial charge >= 0.3 is 0 Å². The third-order valence-electron chi connectivity index (χ3n) is 5.51. The molecule has 0 aliphatic carbocycles. The molecule has 4 aromatic carbocycles. The lowest BCUT2D eigenvalue weighted by molar-refractivity contribution is 0.0955. The molecule has 0 N–H and O–H groups in total. The van der Waals surface area contributed by atoms with Gasteiger partial charge in [0.2, 0.25) is 0 Å². The molecule has 1 heterocycles. The van der Waals surface area contributed by atoms with Gasteiger partial charge in [-0.1, -0.05) is 84.9 Å². The molecule has 0 fully saturated rings. The molecular formula is C29H22BrNO3. The molecule has 0 spiro atoms. The van der Waals surface area contributed by atoms with E-state index in [0.29, 0.717) is 34.7 Å². The Morgan fingerprint density at radius 1 is 0.706 bits per heavy atom. The lowest BCUT2D eigenvalue weighted by Crippen LogP contribution is -2.13. The molecule has 5 aromatic rings. The van der Waals surface area contributed by atoms with Crippen LogP contribution in [0.15, 0.2) is 114 Å². The van der Waals surface area contributed by atoms with Gasteiger partial charge in [0, 0.05) is 22.9 Å². The fraction of sp³-hybridized carbons (Fsp3) is 0.0690. The van der Waals surface area contributed by atoms with Crippen LogP contribution < -0.4 is 9.47 Å². The van der Waals surface area contributed by atoms with Crippen LogP contribution in [0.2, 0.25) is 0 Å². The number of carbonyl (C=O) groups excluding carboxylic acids is 1. The molecule has 0 saturated carbocycles. The molecule has 1 aromatic heterocycles. The minimum Gasteiger partial charge on any atom is -0.489 e. The Hall–Kier alpha value is -3.83. The van der Waals surface area contributed by atoms with Crippen molar-refractivity contribution < 1.29 is 14.3 Å². The lowest BCUT2D eigenvalue weighted by atomic mass is 10.1. The summed E-state index contributed by atoms with van der Waals surface area (Å²) in [6.07, 6.45) is 3.68. The maximum absolute atomic E-state index is 13.6. The number of rotatable bonds is 7. The first-order chi connectivity index (χ1) is 16.7. The largest absolute Gasteiger partial charge is 0.489 e. The highest BCUT2D eigenvalue weighted by atomic mass is 79.9. The van der Waals surface area contributed by atoms with Gasteiger partial charge in [-0.2, -0.15) is 0 Å². The predicted octanol–water partition coefficient (Wildman–Crippen LogP) is 7.25. The van der Waals surface area contributed by atoms with Crippen LogP contribution >= 0.6 is 15.9 Å². The molecule has 0 aliphatic heterocycles. The summed E-state index contributed by atoms with van der Waals surface area (Å²) >= 11 is 3.60. The average molecular weight is 512 g/mol. The Kier molecular flexibility index (Phi) is 6.45. The minimum atomic E-state index is -0.180. The van der Waals surface area contributed by atoms with Crippen LogP contribution in [0.3, 0.4) is 0 Å². The van der Waals surface area contributed by atoms with Gasteiger partial charge in [0.15, 0.2) is 0 Å². The highest BCUT2D eigenvalue weighted by Gasteiger charge is 2.21. The van der Waals surface area contributed by atoms with Gasteiger partial charge in [-0.3, -0.25) is 9.36 Å². The molecule has 0 radical (unpaired) electrons. The van der Waals surface area contributed by atoms with Crippen molar-refractivity contribution in [3.8, 4) is 11.5 Å². The van der Waals surface area contributed by atoms with Gasteiger partial charge < -0.3 is 9.47 Å². The molecule has 0 amide bonds. The summed E-state index contributed by atoms with van der Waals surface area (Å²) in [7, 11) is 0. The maximum atomic E-state index is 13.6. The summed E-state index contributed by atoms with van der Waals surface area (Å²) in [5.74, 6) is 0.901. The molecular weight excluding hydrogens is 490 g/mol. The van der Waals surface area contributed by atoms with Crippen molar-refractivity contribution in [2.45, 2.75) is 13.2 Å². The Morgan fingerprint density at radius 2 is 1.24 bits per heavy atom. The van der Waals surface area contributed by atoms with Crippen LogP contribution in [0.4, 0.5) is 0 Å². The zero-order chi connectivity index (χ0) is 23.3. The molecule has 0 saturated heterocycles. The summed E-state index contributed by atoms with van der Waals surface area (Å²) in [5, 5.41) is 2.00. The van der Waals surface area contributed by atoms with Crippen molar-refractivity contribution in [1.82, 2.24) is 4.57 Å². The van der Waals surface area contributed by atoms with Crippen molar-refractivity contribution in [1.29, 1.82) is 0 Å². The quantitative estimate of drug-likeness (QED) is 0.231. The Balaban J connectivity index is 1.48. The van der Waals surface area contributed by atoms with Crippen molar-refractivity contribution >= 4 is 32.6 Å². The summed E-state index contributed by atoms with van der Waals surface area (Å²) in [4.78, 5) is 13.6. The topological polar surface area (TPSA) is 40.5 Å². The molecule has 5 rings (SSSR count). The molecule has 0 atom stereocenters. The van der Waals surface area contributed by atoms with Crippen LogP contribution in [-0.4, -0.2) is 10.5 Å². The third kappa shape index (κ3) is 4.90. The van der Waals surface area contributed by atoms with Crippen molar-refractivity contribution in [2.24, 2.45) is 0 Å². The molecule has 168 valence electrons. The minimum absolute atomic E-state index is 0.180. The van der Waals surface area contributed by atoms with Gasteiger partial charge in [0.05, 0.1) is 5.56 Å². The summed E-state index contributed by atoms with van der Waals surface area (Å²) in [6.45, 7) is 0.755. The number of hydrogen-bond acceptors (Lipinski definition) is 3. The Labute approximate surface area is 206 Å². The number of halogens is 1. The van der Waals surface area contributed by atoms with E-state index in [-0.39, 0.29) is 5.91 Å². The van der Waals surface area contributed by atoms with Crippen molar-refractivity contribution in [3.05, 3.63) is 131 Å². The number of carbonyl (C=O) groups is 1. The second-order valence-electron chi connectivity index (χ2n) is 7.93. The number of hydrogen-bond donors (Lipinski definition) is 0. The van der Waals surface area contributed by atoms with Gasteiger partial charge in [-0.15, -0.1) is 0 Å². The second-order valence-corrected chi connectivity index (χ2v) is 8.78. The lowest BCUT2D eigenvalue weighted by Gasteiger charge is -2.16. The van der Waals surface area contributed by atoms with Gasteiger partial charge in [0.25, 0.3) is 5.91 Å². The number of benzene rings is 4. The van der Waals surface area contributed by atoms with E-state index in [0.717, 1.165) is 21.9 Å². The van der Waals surface area contributed by atoms with Crippen molar-refractivity contribution in [3.63, 3.8) is 0 Å². The first kappa shape index (κ1) is 22.0. The number of ether oxygens (including phenoxy) is 2. The highest BCUT2D eigenvalue weighted by Crippen LogP contribution is 2.35. The number of nitrogens with zero attached hydrogens (tertiary/aromatic N) is 1. The van der Waals surface area contributed by atoms with E-state index in [2.05, 4.69) is 15.9 Å². The smallest absolute Gasteiger partial charge is 0.266 e. The second kappa shape index (κ2) is 9.98. The van der Waals surface area contributed by atoms with E-state index in [1.807, 2.05) is 103 Å². The number of fused-ring (bicyclic) bond motifs is 1. The van der Waals surface area contributed by atoms with E-state index in [4.69, 9.17) is 9.47 Å². The van der Waals surface area contributed by atoms with E-state index in [1.165, 1.54) is 0 Å². The standard InChI is InChI=1S/C29H22BrNO3/c30-26-15-25(33-19-21-9-3-1-4-10-21)16-27(34-20-22-11-5-2-6-12-22)28(26)29(32)31-17-23-13-7-8-14-24(23)18-31/h1-18H,19-20H2. The van der Waals surface area contributed by atoms with Crippen LogP contribution in [-0.2, 0) is 13.2 Å². The van der Waals surface area contributed by atoms with Gasteiger partial charge in [-0.05, 0) is 43.9 Å². The zero-order valence-electron chi connectivity index (χ0n) is 18.4. The normalized spacial score (nSPS) is 10.9. The summed E-state index contributed by atoms with van der Waals surface area (Å²) in [5.41, 5.74) is 2.52. The Morgan fingerprint density at radius 3 is 1.82 bits per heavy atom. The van der Waals surface area contributed by atoms with Crippen molar-refractivity contribution in [2.75, 3.05) is 0 Å². The summed E-state index contributed by atoms with van der Waals surface area (Å²) in [6, 6.07) is 31.3. The van der Waals surface area contributed by atoms with E-state index >= 15 is 0 Å². The van der Waals surface area contributed by atoms with Crippen LogP contribution in [0, 0.1) is 0 Å². The number of aromatic nitrogens is 1. The molecule has 0 unspecified atom stereocenters.